The average Bonchev–Trinajstić information content (AvgIpc) is 3.02. The Hall–Kier alpha value is -3.15. The Bertz CT molecular complexity index is 865. The summed E-state index contributed by atoms with van der Waals surface area (Å²) in [5.41, 5.74) is 3.22. The Morgan fingerprint density at radius 3 is 2.38 bits per heavy atom. The zero-order chi connectivity index (χ0) is 18.6. The number of urea groups is 1. The first kappa shape index (κ1) is 17.7. The predicted octanol–water partition coefficient (Wildman–Crippen LogP) is 3.95. The minimum atomic E-state index is -0.381. The largest absolute Gasteiger partial charge is 0.326 e. The van der Waals surface area contributed by atoms with Crippen molar-refractivity contribution in [1.29, 1.82) is 0 Å². The number of nitrogens with zero attached hydrogens (tertiary/aromatic N) is 2. The summed E-state index contributed by atoms with van der Waals surface area (Å²) in [7, 11) is 0. The van der Waals surface area contributed by atoms with Crippen molar-refractivity contribution in [2.24, 2.45) is 0 Å². The van der Waals surface area contributed by atoms with Crippen LogP contribution in [0.15, 0.2) is 65.3 Å². The Kier molecular flexibility index (Phi) is 5.02. The van der Waals surface area contributed by atoms with Gasteiger partial charge in [0.1, 0.15) is 0 Å². The van der Waals surface area contributed by atoms with Crippen molar-refractivity contribution in [1.82, 2.24) is 5.27 Å². The maximum absolute atomic E-state index is 12.0. The van der Waals surface area contributed by atoms with Crippen LogP contribution < -0.4 is 15.3 Å². The van der Waals surface area contributed by atoms with Gasteiger partial charge in [-0.3, -0.25) is 9.84 Å². The Morgan fingerprint density at radius 2 is 1.73 bits per heavy atom. The molecule has 0 aliphatic carbocycles. The minimum Gasteiger partial charge on any atom is -0.308 e. The monoisotopic (exact) mass is 351 g/mol. The van der Waals surface area contributed by atoms with E-state index in [4.69, 9.17) is 4.52 Å². The number of carbonyl (C=O) groups excluding carboxylic acids is 1. The number of para-hydroxylation sites is 1. The second kappa shape index (κ2) is 7.39. The molecule has 0 radical (unpaired) electrons. The highest BCUT2D eigenvalue weighted by Gasteiger charge is 2.16. The maximum Gasteiger partial charge on any atom is 0.326 e. The number of anilines is 2. The number of aromatic nitrogens is 2. The molecule has 1 aromatic heterocycles. The van der Waals surface area contributed by atoms with E-state index in [2.05, 4.69) is 60.9 Å². The molecule has 2 aromatic carbocycles. The van der Waals surface area contributed by atoms with Gasteiger partial charge in [0.2, 0.25) is 11.8 Å². The van der Waals surface area contributed by atoms with Crippen LogP contribution >= 0.6 is 0 Å². The van der Waals surface area contributed by atoms with E-state index in [0.29, 0.717) is 12.2 Å². The summed E-state index contributed by atoms with van der Waals surface area (Å²) in [6.45, 7) is 7.13. The Labute approximate surface area is 152 Å². The molecular formula is C20H23N4O2+. The van der Waals surface area contributed by atoms with Gasteiger partial charge in [0.05, 0.1) is 0 Å². The smallest absolute Gasteiger partial charge is 0.308 e. The Balaban J connectivity index is 1.58. The summed E-state index contributed by atoms with van der Waals surface area (Å²) in [5, 5.41) is 9.29. The van der Waals surface area contributed by atoms with Crippen LogP contribution in [-0.2, 0) is 12.0 Å². The zero-order valence-corrected chi connectivity index (χ0v) is 15.2. The topological polar surface area (TPSA) is 71.0 Å². The molecule has 3 rings (SSSR count). The first-order valence-electron chi connectivity index (χ1n) is 8.49. The first-order chi connectivity index (χ1) is 12.4. The zero-order valence-electron chi connectivity index (χ0n) is 15.2. The van der Waals surface area contributed by atoms with Crippen molar-refractivity contribution in [2.45, 2.75) is 32.7 Å². The summed E-state index contributed by atoms with van der Waals surface area (Å²) in [6, 6.07) is 17.2. The van der Waals surface area contributed by atoms with Crippen LogP contribution in [0.25, 0.3) is 0 Å². The SMILES string of the molecule is CC(C)(C)c1ccc(C[n+]2cc(NC(=O)Nc3ccccc3)on2)cc1. The molecule has 2 N–H and O–H groups in total. The van der Waals surface area contributed by atoms with Crippen molar-refractivity contribution in [3.8, 4) is 0 Å². The van der Waals surface area contributed by atoms with Gasteiger partial charge in [0.25, 0.3) is 6.20 Å². The lowest BCUT2D eigenvalue weighted by atomic mass is 9.87. The van der Waals surface area contributed by atoms with Crippen molar-refractivity contribution in [2.75, 3.05) is 10.6 Å². The lowest BCUT2D eigenvalue weighted by molar-refractivity contribution is -0.754. The standard InChI is InChI=1S/C20H22N4O2/c1-20(2,3)16-11-9-15(10-12-16)13-24-14-18(26-23-24)22-19(25)21-17-7-5-4-6-8-17/h4-12,14H,13H2,1-3H3,(H-,21,22,23,25)/p+1. The second-order valence-corrected chi connectivity index (χ2v) is 7.16. The van der Waals surface area contributed by atoms with Gasteiger partial charge >= 0.3 is 11.9 Å². The third-order valence-electron chi connectivity index (χ3n) is 3.94. The molecule has 0 aliphatic heterocycles. The molecule has 6 heteroatoms. The van der Waals surface area contributed by atoms with Crippen LogP contribution in [0.1, 0.15) is 31.9 Å². The minimum absolute atomic E-state index is 0.128. The predicted molar refractivity (Wildman–Crippen MR) is 100 cm³/mol. The quantitative estimate of drug-likeness (QED) is 0.699. The van der Waals surface area contributed by atoms with E-state index in [0.717, 1.165) is 5.56 Å². The number of rotatable bonds is 4. The van der Waals surface area contributed by atoms with Crippen LogP contribution in [0, 0.1) is 0 Å². The molecule has 134 valence electrons. The van der Waals surface area contributed by atoms with Gasteiger partial charge in [0, 0.05) is 11.3 Å². The highest BCUT2D eigenvalue weighted by atomic mass is 16.5. The van der Waals surface area contributed by atoms with Gasteiger partial charge in [-0.15, -0.1) is 0 Å². The summed E-state index contributed by atoms with van der Waals surface area (Å²) in [6.07, 6.45) is 1.66. The molecule has 0 atom stereocenters. The molecule has 3 aromatic rings. The Morgan fingerprint density at radius 1 is 1.04 bits per heavy atom. The average molecular weight is 351 g/mol. The molecule has 0 unspecified atom stereocenters. The van der Waals surface area contributed by atoms with Crippen molar-refractivity contribution < 1.29 is 14.0 Å². The molecule has 0 saturated heterocycles. The molecule has 6 nitrogen and oxygen atoms in total. The van der Waals surface area contributed by atoms with E-state index in [9.17, 15) is 4.79 Å². The highest BCUT2D eigenvalue weighted by Crippen LogP contribution is 2.22. The summed E-state index contributed by atoms with van der Waals surface area (Å²) in [4.78, 5) is 12.0. The molecule has 2 amide bonds. The molecule has 0 bridgehead atoms. The number of hydrogen-bond acceptors (Lipinski definition) is 3. The van der Waals surface area contributed by atoms with Crippen LogP contribution in [0.2, 0.25) is 0 Å². The summed E-state index contributed by atoms with van der Waals surface area (Å²) in [5.74, 6) is 0.282. The molecule has 0 spiro atoms. The molecule has 26 heavy (non-hydrogen) atoms. The van der Waals surface area contributed by atoms with E-state index in [1.165, 1.54) is 5.56 Å². The molecule has 0 aliphatic rings. The highest BCUT2D eigenvalue weighted by molar-refractivity contribution is 5.98. The van der Waals surface area contributed by atoms with Crippen LogP contribution in [0.5, 0.6) is 0 Å². The number of hydrogen-bond donors (Lipinski definition) is 2. The van der Waals surface area contributed by atoms with E-state index in [-0.39, 0.29) is 17.3 Å². The maximum atomic E-state index is 12.0. The van der Waals surface area contributed by atoms with Gasteiger partial charge in [-0.2, -0.15) is 0 Å². The van der Waals surface area contributed by atoms with Crippen molar-refractivity contribution in [3.63, 3.8) is 0 Å². The molecule has 1 heterocycles. The van der Waals surface area contributed by atoms with Crippen molar-refractivity contribution >= 4 is 17.6 Å². The van der Waals surface area contributed by atoms with Gasteiger partial charge in [-0.25, -0.2) is 4.79 Å². The van der Waals surface area contributed by atoms with Gasteiger partial charge < -0.3 is 5.32 Å². The normalized spacial score (nSPS) is 11.2. The van der Waals surface area contributed by atoms with E-state index in [1.54, 1.807) is 23.0 Å². The second-order valence-electron chi connectivity index (χ2n) is 7.16. The van der Waals surface area contributed by atoms with E-state index >= 15 is 0 Å². The fourth-order valence-electron chi connectivity index (χ4n) is 2.50. The van der Waals surface area contributed by atoms with E-state index < -0.39 is 0 Å². The van der Waals surface area contributed by atoms with Crippen LogP contribution in [0.4, 0.5) is 16.4 Å². The first-order valence-corrected chi connectivity index (χ1v) is 8.49. The number of carbonyl (C=O) groups is 1. The third kappa shape index (κ3) is 4.69. The van der Waals surface area contributed by atoms with Gasteiger partial charge in [0.15, 0.2) is 0 Å². The lowest BCUT2D eigenvalue weighted by Gasteiger charge is -2.18. The molecular weight excluding hydrogens is 328 g/mol. The van der Waals surface area contributed by atoms with E-state index in [1.807, 2.05) is 18.2 Å². The summed E-state index contributed by atoms with van der Waals surface area (Å²) >= 11 is 0. The number of benzene rings is 2. The van der Waals surface area contributed by atoms with Crippen molar-refractivity contribution in [3.05, 3.63) is 71.9 Å². The fraction of sp³-hybridized carbons (Fsp3) is 0.250. The number of nitrogens with one attached hydrogen (secondary N) is 2. The van der Waals surface area contributed by atoms with Gasteiger partial charge in [-0.05, 0) is 27.8 Å². The summed E-state index contributed by atoms with van der Waals surface area (Å²) < 4.78 is 6.81. The third-order valence-corrected chi connectivity index (χ3v) is 3.94. The number of amides is 2. The molecule has 0 fully saturated rings. The van der Waals surface area contributed by atoms with Crippen LogP contribution in [-0.4, -0.2) is 11.3 Å². The van der Waals surface area contributed by atoms with Gasteiger partial charge in [-0.1, -0.05) is 63.2 Å². The van der Waals surface area contributed by atoms with Crippen LogP contribution in [0.3, 0.4) is 0 Å². The lowest BCUT2D eigenvalue weighted by Crippen LogP contribution is -2.35. The fourth-order valence-corrected chi connectivity index (χ4v) is 2.50. The molecule has 0 saturated carbocycles.